The molecule has 0 spiro atoms. The van der Waals surface area contributed by atoms with Crippen molar-refractivity contribution >= 4 is 54.5 Å². The van der Waals surface area contributed by atoms with E-state index in [2.05, 4.69) is 347 Å². The van der Waals surface area contributed by atoms with E-state index >= 15 is 0 Å². The Morgan fingerprint density at radius 3 is 0.868 bits per heavy atom. The van der Waals surface area contributed by atoms with E-state index in [1.807, 2.05) is 72.9 Å². The van der Waals surface area contributed by atoms with Gasteiger partial charge in [0.15, 0.2) is 11.6 Å². The van der Waals surface area contributed by atoms with Crippen LogP contribution in [0.25, 0.3) is 212 Å². The zero-order valence-corrected chi connectivity index (χ0v) is 61.8. The molecule has 532 valence electrons. The fraction of sp³-hybridized carbons (Fsp3) is 0. The molecule has 0 saturated carbocycles. The van der Waals surface area contributed by atoms with E-state index in [0.717, 1.165) is 156 Å². The molecule has 0 bridgehead atoms. The quantitative estimate of drug-likeness (QED) is 0.102. The number of rotatable bonds is 15. The summed E-state index contributed by atoms with van der Waals surface area (Å²) in [5.41, 5.74) is 33.2. The summed E-state index contributed by atoms with van der Waals surface area (Å²) in [6.45, 7) is 0. The van der Waals surface area contributed by atoms with Crippen molar-refractivity contribution < 1.29 is 0 Å². The Bertz CT molecular complexity index is 7140. The third-order valence-corrected chi connectivity index (χ3v) is 22.2. The van der Waals surface area contributed by atoms with Crippen LogP contribution >= 0.6 is 0 Å². The van der Waals surface area contributed by atoms with Crippen molar-refractivity contribution in [2.75, 3.05) is 0 Å². The molecule has 15 aromatic carbocycles. The van der Waals surface area contributed by atoms with E-state index in [4.69, 9.17) is 19.9 Å². The number of nitrogens with zero attached hydrogens (tertiary/aromatic N) is 8. The monoisotopic (exact) mass is 1450 g/mol. The summed E-state index contributed by atoms with van der Waals surface area (Å²) in [5, 5.41) is 5.82. The van der Waals surface area contributed by atoms with Crippen molar-refractivity contribution in [2.24, 2.45) is 0 Å². The molecule has 0 amide bonds. The van der Waals surface area contributed by atoms with Crippen LogP contribution in [-0.2, 0) is 0 Å². The van der Waals surface area contributed by atoms with Crippen LogP contribution in [0.3, 0.4) is 0 Å². The molecule has 6 aromatic heterocycles. The first-order valence-electron chi connectivity index (χ1n) is 38.5. The Hall–Kier alpha value is -15.4. The number of aromatic nitrogens is 8. The van der Waals surface area contributed by atoms with Crippen LogP contribution in [0.2, 0.25) is 0 Å². The van der Waals surface area contributed by atoms with Crippen LogP contribution in [0.5, 0.6) is 0 Å². The summed E-state index contributed by atoms with van der Waals surface area (Å²) in [5.74, 6) is 1.36. The van der Waals surface area contributed by atoms with Crippen LogP contribution in [-0.4, -0.2) is 39.0 Å². The van der Waals surface area contributed by atoms with Crippen LogP contribution in [0.4, 0.5) is 0 Å². The van der Waals surface area contributed by atoms with E-state index < -0.39 is 0 Å². The zero-order chi connectivity index (χ0) is 75.4. The maximum atomic E-state index is 5.16. The number of pyridine rings is 2. The van der Waals surface area contributed by atoms with Gasteiger partial charge in [-0.25, -0.2) is 19.9 Å². The predicted octanol–water partition coefficient (Wildman–Crippen LogP) is 27.1. The van der Waals surface area contributed by atoms with Gasteiger partial charge in [-0.05, 0) is 199 Å². The number of para-hydroxylation sites is 1. The highest BCUT2D eigenvalue weighted by Crippen LogP contribution is 2.43. The third kappa shape index (κ3) is 12.5. The highest BCUT2D eigenvalue weighted by Gasteiger charge is 2.21. The van der Waals surface area contributed by atoms with Crippen molar-refractivity contribution in [2.45, 2.75) is 0 Å². The fourth-order valence-electron chi connectivity index (χ4n) is 16.4. The van der Waals surface area contributed by atoms with Gasteiger partial charge in [-0.2, -0.15) is 0 Å². The second-order valence-electron chi connectivity index (χ2n) is 29.0. The largest absolute Gasteiger partial charge is 0.309 e. The van der Waals surface area contributed by atoms with Gasteiger partial charge in [0.1, 0.15) is 0 Å². The molecule has 0 aliphatic heterocycles. The minimum absolute atomic E-state index is 0.677. The van der Waals surface area contributed by atoms with E-state index in [1.54, 1.807) is 12.4 Å². The Labute approximate surface area is 659 Å². The Morgan fingerprint density at radius 2 is 0.465 bits per heavy atom. The average molecular weight is 1450 g/mol. The Balaban J connectivity index is 0.583. The highest BCUT2D eigenvalue weighted by atomic mass is 15.0. The average Bonchev–Trinajstić information content (AvgIpc) is 1.59. The predicted molar refractivity (Wildman–Crippen MR) is 470 cm³/mol. The molecule has 0 aliphatic rings. The Morgan fingerprint density at radius 1 is 0.175 bits per heavy atom. The van der Waals surface area contributed by atoms with Crippen LogP contribution < -0.4 is 0 Å². The van der Waals surface area contributed by atoms with E-state index in [-0.39, 0.29) is 0 Å². The molecule has 21 rings (SSSR count). The lowest BCUT2D eigenvalue weighted by Crippen LogP contribution is -1.96. The minimum atomic E-state index is 0.677. The van der Waals surface area contributed by atoms with Crippen LogP contribution in [0, 0.1) is 0 Å². The van der Waals surface area contributed by atoms with Gasteiger partial charge in [-0.15, -0.1) is 0 Å². The lowest BCUT2D eigenvalue weighted by atomic mass is 9.95. The lowest BCUT2D eigenvalue weighted by molar-refractivity contribution is 1.18. The molecule has 8 nitrogen and oxygen atoms in total. The van der Waals surface area contributed by atoms with Gasteiger partial charge < -0.3 is 9.13 Å². The maximum Gasteiger partial charge on any atom is 0.160 e. The first kappa shape index (κ1) is 66.8. The van der Waals surface area contributed by atoms with Crippen LogP contribution in [0.1, 0.15) is 0 Å². The molecule has 0 atom stereocenters. The standard InChI is InChI=1S/C106H68N8/c1-5-17-69(18-6-1)84-43-51-101-92(63-84)94-65-86(45-53-103(94)113(101)88-47-39-73(40-48-88)71-31-35-75(36-32-71)97-67-98(77-55-58-107-59-56-77)110-105(109-97)78-21-9-3-10-22-78)82-27-15-25-80(61-82)81-26-16-28-83(62-81)87-46-54-104-95(66-87)93-64-85(70-19-7-2-8-20-70)44-52-102(93)114(104)89-49-41-74(42-50-89)72-33-37-76(38-34-72)99-68-100(112-106(111-99)79-23-11-4-12-24-79)91-57-60-108-96-30-14-13-29-90(91)96/h1-68H. The summed E-state index contributed by atoms with van der Waals surface area (Å²) in [6, 6.07) is 141. The summed E-state index contributed by atoms with van der Waals surface area (Å²) >= 11 is 0. The van der Waals surface area contributed by atoms with Crippen molar-refractivity contribution in [3.8, 4) is 157 Å². The second kappa shape index (κ2) is 28.6. The topological polar surface area (TPSA) is 87.2 Å². The molecule has 114 heavy (non-hydrogen) atoms. The van der Waals surface area contributed by atoms with E-state index in [1.165, 1.54) is 43.8 Å². The molecule has 8 heteroatoms. The smallest absolute Gasteiger partial charge is 0.160 e. The summed E-state index contributed by atoms with van der Waals surface area (Å²) in [7, 11) is 0. The first-order valence-corrected chi connectivity index (χ1v) is 38.5. The molecule has 6 heterocycles. The van der Waals surface area contributed by atoms with Gasteiger partial charge in [0.25, 0.3) is 0 Å². The molecule has 21 aromatic rings. The summed E-state index contributed by atoms with van der Waals surface area (Å²) in [4.78, 5) is 29.3. The SMILES string of the molecule is c1ccc(-c2ccc3c(c2)c2cc(-c4cccc(-c5cccc(-c6ccc7c(c6)c6cc(-c8ccccc8)ccc6n7-c6ccc(-c7ccc(-c8cc(-c9ccnc%10ccccc9%10)nc(-c9ccccc9)n8)cc7)cc6)c5)c4)ccc2n3-c2ccc(-c3ccc(-c4cc(-c5ccncc5)nc(-c5ccccc5)n4)cc3)cc2)cc1. The lowest BCUT2D eigenvalue weighted by Gasteiger charge is -2.12. The van der Waals surface area contributed by atoms with Gasteiger partial charge in [0.05, 0.1) is 50.4 Å². The van der Waals surface area contributed by atoms with Crippen LogP contribution in [0.15, 0.2) is 413 Å². The van der Waals surface area contributed by atoms with Crippen molar-refractivity contribution in [1.29, 1.82) is 0 Å². The van der Waals surface area contributed by atoms with Gasteiger partial charge in [0.2, 0.25) is 0 Å². The fourth-order valence-corrected chi connectivity index (χ4v) is 16.4. The normalized spacial score (nSPS) is 11.5. The molecule has 0 unspecified atom stereocenters. The number of hydrogen-bond acceptors (Lipinski definition) is 6. The van der Waals surface area contributed by atoms with E-state index in [9.17, 15) is 0 Å². The number of hydrogen-bond donors (Lipinski definition) is 0. The molecular formula is C106H68N8. The van der Waals surface area contributed by atoms with Gasteiger partial charge >= 0.3 is 0 Å². The first-order chi connectivity index (χ1) is 56.4. The highest BCUT2D eigenvalue weighted by molar-refractivity contribution is 6.13. The maximum absolute atomic E-state index is 5.16. The Kier molecular flexibility index (Phi) is 16.7. The minimum Gasteiger partial charge on any atom is -0.309 e. The summed E-state index contributed by atoms with van der Waals surface area (Å²) < 4.78 is 4.83. The van der Waals surface area contributed by atoms with Crippen molar-refractivity contribution in [3.63, 3.8) is 0 Å². The third-order valence-electron chi connectivity index (χ3n) is 22.2. The number of fused-ring (bicyclic) bond motifs is 7. The van der Waals surface area contributed by atoms with Gasteiger partial charge in [-0.1, -0.05) is 273 Å². The molecule has 0 saturated heterocycles. The number of benzene rings is 15. The molecule has 0 radical (unpaired) electrons. The van der Waals surface area contributed by atoms with Gasteiger partial charge in [-0.3, -0.25) is 9.97 Å². The molecule has 0 aliphatic carbocycles. The van der Waals surface area contributed by atoms with Crippen molar-refractivity contribution in [1.82, 2.24) is 39.0 Å². The zero-order valence-electron chi connectivity index (χ0n) is 61.8. The summed E-state index contributed by atoms with van der Waals surface area (Å²) in [6.07, 6.45) is 5.46. The van der Waals surface area contributed by atoms with Crippen molar-refractivity contribution in [3.05, 3.63) is 413 Å². The van der Waals surface area contributed by atoms with E-state index in [0.29, 0.717) is 11.6 Å². The second-order valence-corrected chi connectivity index (χ2v) is 29.0. The molecule has 0 fully saturated rings. The molecular weight excluding hydrogens is 1390 g/mol. The van der Waals surface area contributed by atoms with Gasteiger partial charge in [0, 0.05) is 90.3 Å². The molecule has 0 N–H and O–H groups in total.